The molecule has 0 amide bonds. The van der Waals surface area contributed by atoms with Crippen LogP contribution < -0.4 is 0 Å². The molecule has 1 heterocycles. The summed E-state index contributed by atoms with van der Waals surface area (Å²) < 4.78 is 4.58. The minimum atomic E-state index is -0.436. The molecule has 2 unspecified atom stereocenters. The maximum Gasteiger partial charge on any atom is 0.343 e. The van der Waals surface area contributed by atoms with E-state index in [2.05, 4.69) is 4.74 Å². The van der Waals surface area contributed by atoms with Gasteiger partial charge in [-0.25, -0.2) is 9.59 Å². The van der Waals surface area contributed by atoms with Gasteiger partial charge < -0.3 is 4.74 Å². The number of hydrogen-bond donors (Lipinski definition) is 0. The number of esters is 2. The lowest BCUT2D eigenvalue weighted by atomic mass is 9.85. The van der Waals surface area contributed by atoms with E-state index in [0.29, 0.717) is 11.1 Å². The zero-order chi connectivity index (χ0) is 9.22. The van der Waals surface area contributed by atoms with Crippen molar-refractivity contribution >= 4 is 11.9 Å². The van der Waals surface area contributed by atoms with E-state index < -0.39 is 11.9 Å². The van der Waals surface area contributed by atoms with Crippen molar-refractivity contribution in [2.24, 2.45) is 11.3 Å². The fourth-order valence-corrected chi connectivity index (χ4v) is 2.58. The van der Waals surface area contributed by atoms with Gasteiger partial charge in [-0.3, -0.25) is 0 Å². The second-order valence-electron chi connectivity index (χ2n) is 4.05. The standard InChI is InChI=1S/C10H8O3/c1-10-3-2-5(4-10)6-7(10)9(12)13-8(6)11/h2-3,5H,4H2,1H3. The lowest BCUT2D eigenvalue weighted by molar-refractivity contribution is -0.151. The summed E-state index contributed by atoms with van der Waals surface area (Å²) in [6, 6.07) is 0. The van der Waals surface area contributed by atoms with Crippen molar-refractivity contribution in [3.63, 3.8) is 0 Å². The summed E-state index contributed by atoms with van der Waals surface area (Å²) in [7, 11) is 0. The lowest BCUT2D eigenvalue weighted by Gasteiger charge is -2.17. The molecule has 0 aromatic rings. The predicted octanol–water partition coefficient (Wildman–Crippen LogP) is 0.962. The molecule has 13 heavy (non-hydrogen) atoms. The molecule has 3 heteroatoms. The van der Waals surface area contributed by atoms with Crippen LogP contribution in [0.5, 0.6) is 0 Å². The van der Waals surface area contributed by atoms with Gasteiger partial charge in [0.1, 0.15) is 0 Å². The van der Waals surface area contributed by atoms with E-state index in [4.69, 9.17) is 0 Å². The molecule has 3 aliphatic rings. The Hall–Kier alpha value is -1.38. The van der Waals surface area contributed by atoms with Crippen LogP contribution in [0.3, 0.4) is 0 Å². The Balaban J connectivity index is 2.25. The fourth-order valence-electron chi connectivity index (χ4n) is 2.58. The van der Waals surface area contributed by atoms with Crippen LogP contribution in [-0.2, 0) is 14.3 Å². The molecule has 0 saturated carbocycles. The Morgan fingerprint density at radius 3 is 2.92 bits per heavy atom. The van der Waals surface area contributed by atoms with Gasteiger partial charge in [-0.2, -0.15) is 0 Å². The van der Waals surface area contributed by atoms with Gasteiger partial charge in [0.25, 0.3) is 0 Å². The van der Waals surface area contributed by atoms with Crippen LogP contribution in [-0.4, -0.2) is 11.9 Å². The quantitative estimate of drug-likeness (QED) is 0.313. The van der Waals surface area contributed by atoms with E-state index >= 15 is 0 Å². The molecule has 2 bridgehead atoms. The van der Waals surface area contributed by atoms with Gasteiger partial charge in [0.05, 0.1) is 11.1 Å². The third-order valence-electron chi connectivity index (χ3n) is 3.16. The molecule has 3 nitrogen and oxygen atoms in total. The van der Waals surface area contributed by atoms with Crippen molar-refractivity contribution in [1.29, 1.82) is 0 Å². The van der Waals surface area contributed by atoms with Crippen LogP contribution in [0.1, 0.15) is 13.3 Å². The number of cyclic esters (lactones) is 2. The molecule has 66 valence electrons. The van der Waals surface area contributed by atoms with Crippen LogP contribution in [0.25, 0.3) is 0 Å². The van der Waals surface area contributed by atoms with Crippen molar-refractivity contribution in [1.82, 2.24) is 0 Å². The van der Waals surface area contributed by atoms with Gasteiger partial charge in [-0.05, 0) is 6.42 Å². The molecule has 0 spiro atoms. The summed E-state index contributed by atoms with van der Waals surface area (Å²) in [5, 5.41) is 0. The topological polar surface area (TPSA) is 43.4 Å². The van der Waals surface area contributed by atoms with Crippen molar-refractivity contribution in [3.05, 3.63) is 23.3 Å². The molecule has 0 radical (unpaired) electrons. The van der Waals surface area contributed by atoms with E-state index in [1.165, 1.54) is 0 Å². The van der Waals surface area contributed by atoms with E-state index in [1.807, 2.05) is 19.1 Å². The first kappa shape index (κ1) is 7.06. The van der Waals surface area contributed by atoms with Crippen LogP contribution in [0.15, 0.2) is 23.3 Å². The zero-order valence-corrected chi connectivity index (χ0v) is 7.16. The highest BCUT2D eigenvalue weighted by Gasteiger charge is 2.54. The minimum absolute atomic E-state index is 0.124. The van der Waals surface area contributed by atoms with Crippen molar-refractivity contribution in [2.45, 2.75) is 13.3 Å². The monoisotopic (exact) mass is 176 g/mol. The van der Waals surface area contributed by atoms with Crippen LogP contribution >= 0.6 is 0 Å². The molecule has 0 N–H and O–H groups in total. The molecule has 0 saturated heterocycles. The zero-order valence-electron chi connectivity index (χ0n) is 7.16. The lowest BCUT2D eigenvalue weighted by Crippen LogP contribution is -2.17. The van der Waals surface area contributed by atoms with Crippen molar-refractivity contribution in [3.8, 4) is 0 Å². The Labute approximate surface area is 75.1 Å². The van der Waals surface area contributed by atoms with E-state index in [0.717, 1.165) is 6.42 Å². The summed E-state index contributed by atoms with van der Waals surface area (Å²) in [5.74, 6) is -0.744. The molecular weight excluding hydrogens is 168 g/mol. The first-order valence-electron chi connectivity index (χ1n) is 4.32. The van der Waals surface area contributed by atoms with E-state index in [9.17, 15) is 9.59 Å². The molecule has 2 aliphatic carbocycles. The maximum absolute atomic E-state index is 11.3. The van der Waals surface area contributed by atoms with Gasteiger partial charge in [-0.15, -0.1) is 0 Å². The Kier molecular flexibility index (Phi) is 0.957. The van der Waals surface area contributed by atoms with Crippen molar-refractivity contribution in [2.75, 3.05) is 0 Å². The Morgan fingerprint density at radius 2 is 2.23 bits per heavy atom. The van der Waals surface area contributed by atoms with Gasteiger partial charge in [0, 0.05) is 11.3 Å². The summed E-state index contributed by atoms with van der Waals surface area (Å²) in [6.07, 6.45) is 4.87. The fraction of sp³-hybridized carbons (Fsp3) is 0.400. The second kappa shape index (κ2) is 1.76. The van der Waals surface area contributed by atoms with Gasteiger partial charge in [-0.1, -0.05) is 19.1 Å². The number of carbonyl (C=O) groups excluding carboxylic acids is 2. The number of allylic oxidation sites excluding steroid dienone is 2. The summed E-state index contributed by atoms with van der Waals surface area (Å²) in [6.45, 7) is 1.98. The van der Waals surface area contributed by atoms with Gasteiger partial charge in [0.15, 0.2) is 0 Å². The molecule has 0 fully saturated rings. The van der Waals surface area contributed by atoms with Gasteiger partial charge in [0.2, 0.25) is 0 Å². The highest BCUT2D eigenvalue weighted by Crippen LogP contribution is 2.55. The number of hydrogen-bond acceptors (Lipinski definition) is 3. The van der Waals surface area contributed by atoms with Gasteiger partial charge >= 0.3 is 11.9 Å². The highest BCUT2D eigenvalue weighted by molar-refractivity contribution is 6.15. The number of carbonyl (C=O) groups is 2. The number of fused-ring (bicyclic) bond motifs is 4. The number of ether oxygens (including phenoxy) is 1. The summed E-state index contributed by atoms with van der Waals surface area (Å²) in [4.78, 5) is 22.6. The third kappa shape index (κ3) is 0.622. The van der Waals surface area contributed by atoms with Crippen LogP contribution in [0.4, 0.5) is 0 Å². The van der Waals surface area contributed by atoms with E-state index in [-0.39, 0.29) is 11.3 Å². The SMILES string of the molecule is CC12C=CC(C1)C1=C2C(=O)OC1=O. The predicted molar refractivity (Wildman–Crippen MR) is 43.5 cm³/mol. The molecule has 0 aromatic heterocycles. The Morgan fingerprint density at radius 1 is 1.46 bits per heavy atom. The smallest absolute Gasteiger partial charge is 0.343 e. The molecule has 2 atom stereocenters. The summed E-state index contributed by atoms with van der Waals surface area (Å²) in [5.41, 5.74) is 0.975. The second-order valence-corrected chi connectivity index (χ2v) is 4.05. The maximum atomic E-state index is 11.3. The average molecular weight is 176 g/mol. The molecule has 3 rings (SSSR count). The summed E-state index contributed by atoms with van der Waals surface area (Å²) >= 11 is 0. The first-order valence-corrected chi connectivity index (χ1v) is 4.32. The first-order chi connectivity index (χ1) is 6.12. The normalized spacial score (nSPS) is 40.2. The molecular formula is C10H8O3. The highest BCUT2D eigenvalue weighted by atomic mass is 16.6. The van der Waals surface area contributed by atoms with E-state index in [1.54, 1.807) is 0 Å². The minimum Gasteiger partial charge on any atom is -0.386 e. The largest absolute Gasteiger partial charge is 0.386 e. The number of rotatable bonds is 0. The van der Waals surface area contributed by atoms with Crippen LogP contribution in [0, 0.1) is 11.3 Å². The van der Waals surface area contributed by atoms with Crippen molar-refractivity contribution < 1.29 is 14.3 Å². The Bertz CT molecular complexity index is 402. The molecule has 0 aromatic carbocycles. The van der Waals surface area contributed by atoms with Crippen LogP contribution in [0.2, 0.25) is 0 Å². The molecule has 1 aliphatic heterocycles. The third-order valence-corrected chi connectivity index (χ3v) is 3.16. The average Bonchev–Trinajstić information content (AvgIpc) is 2.62.